The number of amides is 3. The zero-order valence-electron chi connectivity index (χ0n) is 11.0. The fourth-order valence-electron chi connectivity index (χ4n) is 2.01. The molecule has 1 aliphatic rings. The van der Waals surface area contributed by atoms with Crippen molar-refractivity contribution in [3.8, 4) is 0 Å². The summed E-state index contributed by atoms with van der Waals surface area (Å²) in [5.74, 6) is -0.569. The number of benzene rings is 1. The summed E-state index contributed by atoms with van der Waals surface area (Å²) < 4.78 is 12.9. The van der Waals surface area contributed by atoms with E-state index in [0.29, 0.717) is 25.3 Å². The zero-order chi connectivity index (χ0) is 14.5. The van der Waals surface area contributed by atoms with E-state index < -0.39 is 0 Å². The summed E-state index contributed by atoms with van der Waals surface area (Å²) in [5, 5.41) is 2.62. The van der Waals surface area contributed by atoms with E-state index >= 15 is 0 Å². The van der Waals surface area contributed by atoms with E-state index in [1.54, 1.807) is 18.2 Å². The van der Waals surface area contributed by atoms with Gasteiger partial charge < -0.3 is 10.2 Å². The number of hydrogen-bond acceptors (Lipinski definition) is 2. The molecule has 0 aliphatic carbocycles. The highest BCUT2D eigenvalue weighted by atomic mass is 19.1. The fraction of sp³-hybridized carbons (Fsp3) is 0.286. The van der Waals surface area contributed by atoms with Gasteiger partial charge in [0.2, 0.25) is 5.91 Å². The number of carbonyl (C=O) groups excluding carboxylic acids is 2. The van der Waals surface area contributed by atoms with Gasteiger partial charge in [0.05, 0.1) is 0 Å². The van der Waals surface area contributed by atoms with Crippen LogP contribution in [0.5, 0.6) is 0 Å². The van der Waals surface area contributed by atoms with Gasteiger partial charge in [-0.3, -0.25) is 9.69 Å². The van der Waals surface area contributed by atoms with Crippen molar-refractivity contribution in [1.29, 1.82) is 0 Å². The number of hydrogen-bond donors (Lipinski definition) is 1. The van der Waals surface area contributed by atoms with Crippen LogP contribution in [0.4, 0.5) is 14.9 Å². The van der Waals surface area contributed by atoms with Gasteiger partial charge in [-0.1, -0.05) is 6.08 Å². The molecule has 106 valence electrons. The van der Waals surface area contributed by atoms with Crippen LogP contribution in [0.1, 0.15) is 0 Å². The minimum atomic E-state index is -0.346. The maximum Gasteiger partial charge on any atom is 0.325 e. The molecule has 1 aliphatic heterocycles. The zero-order valence-corrected chi connectivity index (χ0v) is 11.0. The number of carbonyl (C=O) groups is 2. The molecule has 1 N–H and O–H groups in total. The lowest BCUT2D eigenvalue weighted by Gasteiger charge is -2.18. The summed E-state index contributed by atoms with van der Waals surface area (Å²) in [7, 11) is 0. The number of urea groups is 1. The number of rotatable bonds is 5. The highest BCUT2D eigenvalue weighted by Crippen LogP contribution is 2.20. The second kappa shape index (κ2) is 6.18. The second-order valence-corrected chi connectivity index (χ2v) is 4.42. The van der Waals surface area contributed by atoms with Crippen molar-refractivity contribution in [1.82, 2.24) is 10.2 Å². The van der Waals surface area contributed by atoms with E-state index in [1.165, 1.54) is 21.9 Å². The molecule has 1 aromatic rings. The van der Waals surface area contributed by atoms with E-state index in [0.717, 1.165) is 0 Å². The van der Waals surface area contributed by atoms with Crippen LogP contribution >= 0.6 is 0 Å². The minimum Gasteiger partial charge on any atom is -0.351 e. The van der Waals surface area contributed by atoms with Gasteiger partial charge in [0.1, 0.15) is 12.4 Å². The van der Waals surface area contributed by atoms with E-state index in [4.69, 9.17) is 0 Å². The van der Waals surface area contributed by atoms with Gasteiger partial charge in [-0.25, -0.2) is 9.18 Å². The van der Waals surface area contributed by atoms with Gasteiger partial charge in [0.25, 0.3) is 0 Å². The van der Waals surface area contributed by atoms with Gasteiger partial charge in [0, 0.05) is 25.3 Å². The van der Waals surface area contributed by atoms with E-state index in [9.17, 15) is 14.0 Å². The molecule has 3 amide bonds. The average Bonchev–Trinajstić information content (AvgIpc) is 2.79. The maximum absolute atomic E-state index is 12.9. The average molecular weight is 277 g/mol. The first kappa shape index (κ1) is 14.0. The van der Waals surface area contributed by atoms with Crippen LogP contribution in [-0.4, -0.2) is 43.0 Å². The summed E-state index contributed by atoms with van der Waals surface area (Å²) in [6.45, 7) is 4.86. The second-order valence-electron chi connectivity index (χ2n) is 4.42. The normalized spacial score (nSPS) is 14.6. The Morgan fingerprint density at radius 2 is 2.05 bits per heavy atom. The van der Waals surface area contributed by atoms with Crippen LogP contribution in [-0.2, 0) is 4.79 Å². The molecule has 0 spiro atoms. The Labute approximate surface area is 116 Å². The van der Waals surface area contributed by atoms with Gasteiger partial charge in [-0.15, -0.1) is 6.58 Å². The standard InChI is InChI=1S/C14H16FN3O2/c1-2-7-16-13(19)10-17-8-9-18(14(17)20)12-5-3-11(15)4-6-12/h2-6H,1,7-10H2,(H,16,19). The summed E-state index contributed by atoms with van der Waals surface area (Å²) in [5.41, 5.74) is 0.630. The Bertz CT molecular complexity index is 516. The molecule has 2 rings (SSSR count). The number of nitrogens with one attached hydrogen (secondary N) is 1. The first-order valence-corrected chi connectivity index (χ1v) is 6.31. The predicted molar refractivity (Wildman–Crippen MR) is 73.9 cm³/mol. The molecule has 1 heterocycles. The molecule has 1 aromatic carbocycles. The van der Waals surface area contributed by atoms with Crippen molar-refractivity contribution in [3.63, 3.8) is 0 Å². The van der Waals surface area contributed by atoms with Crippen molar-refractivity contribution in [2.45, 2.75) is 0 Å². The largest absolute Gasteiger partial charge is 0.351 e. The minimum absolute atomic E-state index is 0.0182. The molecular formula is C14H16FN3O2. The number of nitrogens with zero attached hydrogens (tertiary/aromatic N) is 2. The third kappa shape index (κ3) is 3.14. The van der Waals surface area contributed by atoms with Gasteiger partial charge in [0.15, 0.2) is 0 Å². The van der Waals surface area contributed by atoms with Crippen LogP contribution in [0.25, 0.3) is 0 Å². The van der Waals surface area contributed by atoms with Crippen molar-refractivity contribution < 1.29 is 14.0 Å². The lowest BCUT2D eigenvalue weighted by Crippen LogP contribution is -2.40. The molecule has 20 heavy (non-hydrogen) atoms. The molecule has 1 fully saturated rings. The number of halogens is 1. The Kier molecular flexibility index (Phi) is 4.34. The molecule has 0 unspecified atom stereocenters. The Balaban J connectivity index is 1.97. The summed E-state index contributed by atoms with van der Waals surface area (Å²) in [6, 6.07) is 5.47. The molecule has 1 saturated heterocycles. The fourth-order valence-corrected chi connectivity index (χ4v) is 2.01. The topological polar surface area (TPSA) is 52.7 Å². The molecule has 0 atom stereocenters. The van der Waals surface area contributed by atoms with Crippen LogP contribution in [0, 0.1) is 5.82 Å². The maximum atomic E-state index is 12.9. The summed E-state index contributed by atoms with van der Waals surface area (Å²) in [6.07, 6.45) is 1.58. The van der Waals surface area contributed by atoms with E-state index in [1.807, 2.05) is 0 Å². The first-order valence-electron chi connectivity index (χ1n) is 6.31. The van der Waals surface area contributed by atoms with Gasteiger partial charge in [-0.2, -0.15) is 0 Å². The van der Waals surface area contributed by atoms with E-state index in [2.05, 4.69) is 11.9 Å². The monoisotopic (exact) mass is 277 g/mol. The van der Waals surface area contributed by atoms with Crippen LogP contribution in [0.2, 0.25) is 0 Å². The summed E-state index contributed by atoms with van der Waals surface area (Å²) in [4.78, 5) is 26.7. The van der Waals surface area contributed by atoms with Gasteiger partial charge in [-0.05, 0) is 24.3 Å². The Hall–Kier alpha value is -2.37. The van der Waals surface area contributed by atoms with Crippen molar-refractivity contribution >= 4 is 17.6 Å². The van der Waals surface area contributed by atoms with Gasteiger partial charge >= 0.3 is 6.03 Å². The molecule has 0 saturated carbocycles. The Morgan fingerprint density at radius 1 is 1.35 bits per heavy atom. The lowest BCUT2D eigenvalue weighted by molar-refractivity contribution is -0.121. The third-order valence-electron chi connectivity index (χ3n) is 3.01. The molecule has 0 radical (unpaired) electrons. The lowest BCUT2D eigenvalue weighted by atomic mass is 10.3. The smallest absolute Gasteiger partial charge is 0.325 e. The highest BCUT2D eigenvalue weighted by Gasteiger charge is 2.30. The highest BCUT2D eigenvalue weighted by molar-refractivity contribution is 5.96. The molecule has 6 heteroatoms. The molecular weight excluding hydrogens is 261 g/mol. The number of anilines is 1. The summed E-state index contributed by atoms with van der Waals surface area (Å²) >= 11 is 0. The molecule has 0 bridgehead atoms. The van der Waals surface area contributed by atoms with Crippen LogP contribution in [0.15, 0.2) is 36.9 Å². The van der Waals surface area contributed by atoms with Crippen LogP contribution in [0.3, 0.4) is 0 Å². The Morgan fingerprint density at radius 3 is 2.70 bits per heavy atom. The van der Waals surface area contributed by atoms with Crippen LogP contribution < -0.4 is 10.2 Å². The molecule has 5 nitrogen and oxygen atoms in total. The van der Waals surface area contributed by atoms with E-state index in [-0.39, 0.29) is 24.3 Å². The molecule has 0 aromatic heterocycles. The van der Waals surface area contributed by atoms with Crippen molar-refractivity contribution in [2.75, 3.05) is 31.1 Å². The first-order chi connectivity index (χ1) is 9.61. The SMILES string of the molecule is C=CCNC(=O)CN1CCN(c2ccc(F)cc2)C1=O. The quantitative estimate of drug-likeness (QED) is 0.826. The van der Waals surface area contributed by atoms with Crippen molar-refractivity contribution in [2.24, 2.45) is 0 Å². The third-order valence-corrected chi connectivity index (χ3v) is 3.01. The van der Waals surface area contributed by atoms with Crippen molar-refractivity contribution in [3.05, 3.63) is 42.7 Å². The predicted octanol–water partition coefficient (Wildman–Crippen LogP) is 1.37.